The Labute approximate surface area is 144 Å². The summed E-state index contributed by atoms with van der Waals surface area (Å²) in [5.74, 6) is -0.316. The van der Waals surface area contributed by atoms with Crippen LogP contribution >= 0.6 is 11.6 Å². The first-order valence-corrected chi connectivity index (χ1v) is 7.82. The largest absolute Gasteiger partial charge is 0.467 e. The van der Waals surface area contributed by atoms with E-state index in [0.717, 1.165) is 5.56 Å². The number of rotatable bonds is 5. The Morgan fingerprint density at radius 2 is 1.88 bits per heavy atom. The van der Waals surface area contributed by atoms with Gasteiger partial charge in [-0.2, -0.15) is 0 Å². The lowest BCUT2D eigenvalue weighted by Crippen LogP contribution is -2.30. The molecule has 0 saturated heterocycles. The molecule has 5 heteroatoms. The smallest absolute Gasteiger partial charge is 0.257 e. The Morgan fingerprint density at radius 3 is 2.58 bits per heavy atom. The number of amides is 1. The van der Waals surface area contributed by atoms with Crippen LogP contribution < -0.4 is 0 Å². The van der Waals surface area contributed by atoms with Crippen LogP contribution in [-0.2, 0) is 13.1 Å². The highest BCUT2D eigenvalue weighted by molar-refractivity contribution is 6.30. The number of carbonyl (C=O) groups excluding carboxylic acids is 1. The summed E-state index contributed by atoms with van der Waals surface area (Å²) < 4.78 is 19.3. The monoisotopic (exact) mass is 343 g/mol. The van der Waals surface area contributed by atoms with E-state index < -0.39 is 11.7 Å². The van der Waals surface area contributed by atoms with Crippen molar-refractivity contribution in [2.75, 3.05) is 0 Å². The van der Waals surface area contributed by atoms with E-state index in [9.17, 15) is 9.18 Å². The molecule has 3 rings (SSSR count). The summed E-state index contributed by atoms with van der Waals surface area (Å²) in [5.41, 5.74) is 0.893. The van der Waals surface area contributed by atoms with Gasteiger partial charge in [-0.15, -0.1) is 0 Å². The van der Waals surface area contributed by atoms with Gasteiger partial charge in [0.15, 0.2) is 0 Å². The molecule has 2 aromatic carbocycles. The van der Waals surface area contributed by atoms with Crippen molar-refractivity contribution in [2.24, 2.45) is 0 Å². The van der Waals surface area contributed by atoms with Crippen molar-refractivity contribution in [1.29, 1.82) is 0 Å². The minimum absolute atomic E-state index is 0.0334. The average molecular weight is 344 g/mol. The molecule has 24 heavy (non-hydrogen) atoms. The molecule has 0 aliphatic carbocycles. The lowest BCUT2D eigenvalue weighted by molar-refractivity contribution is 0.0713. The third-order valence-electron chi connectivity index (χ3n) is 3.58. The standard InChI is InChI=1S/C19H15ClFNO2/c20-15-6-3-5-14(11-15)12-22(13-16-7-4-10-24-16)19(23)17-8-1-2-9-18(17)21/h1-11H,12-13H2. The topological polar surface area (TPSA) is 33.5 Å². The quantitative estimate of drug-likeness (QED) is 0.659. The summed E-state index contributed by atoms with van der Waals surface area (Å²) in [6.07, 6.45) is 1.54. The third kappa shape index (κ3) is 3.84. The molecule has 0 spiro atoms. The van der Waals surface area contributed by atoms with E-state index in [1.807, 2.05) is 12.1 Å². The maximum Gasteiger partial charge on any atom is 0.257 e. The predicted molar refractivity (Wildman–Crippen MR) is 90.1 cm³/mol. The van der Waals surface area contributed by atoms with Crippen molar-refractivity contribution >= 4 is 17.5 Å². The number of hydrogen-bond donors (Lipinski definition) is 0. The van der Waals surface area contributed by atoms with Gasteiger partial charge in [0.25, 0.3) is 5.91 Å². The molecule has 0 saturated carbocycles. The fourth-order valence-electron chi connectivity index (χ4n) is 2.45. The molecule has 0 atom stereocenters. The van der Waals surface area contributed by atoms with Gasteiger partial charge < -0.3 is 9.32 Å². The van der Waals surface area contributed by atoms with Crippen molar-refractivity contribution in [1.82, 2.24) is 4.90 Å². The van der Waals surface area contributed by atoms with Crippen LogP contribution in [0.2, 0.25) is 5.02 Å². The normalized spacial score (nSPS) is 10.6. The number of halogens is 2. The lowest BCUT2D eigenvalue weighted by atomic mass is 10.1. The summed E-state index contributed by atoms with van der Waals surface area (Å²) in [6, 6.07) is 16.7. The Bertz CT molecular complexity index is 833. The first kappa shape index (κ1) is 16.3. The number of hydrogen-bond acceptors (Lipinski definition) is 2. The van der Waals surface area contributed by atoms with Crippen LogP contribution in [-0.4, -0.2) is 10.8 Å². The highest BCUT2D eigenvalue weighted by atomic mass is 35.5. The molecular weight excluding hydrogens is 329 g/mol. The van der Waals surface area contributed by atoms with Gasteiger partial charge in [-0.3, -0.25) is 4.79 Å². The first-order chi connectivity index (χ1) is 11.6. The number of benzene rings is 2. The number of carbonyl (C=O) groups is 1. The van der Waals surface area contributed by atoms with E-state index in [2.05, 4.69) is 0 Å². The Hall–Kier alpha value is -2.59. The fraction of sp³-hybridized carbons (Fsp3) is 0.105. The molecule has 0 fully saturated rings. The number of nitrogens with zero attached hydrogens (tertiary/aromatic N) is 1. The summed E-state index contributed by atoms with van der Waals surface area (Å²) in [5, 5.41) is 0.587. The predicted octanol–water partition coefficient (Wildman–Crippen LogP) is 4.91. The van der Waals surface area contributed by atoms with E-state index >= 15 is 0 Å². The zero-order valence-electron chi connectivity index (χ0n) is 12.8. The summed E-state index contributed by atoms with van der Waals surface area (Å²) in [4.78, 5) is 14.3. The minimum Gasteiger partial charge on any atom is -0.467 e. The van der Waals surface area contributed by atoms with Crippen LogP contribution in [0.4, 0.5) is 4.39 Å². The van der Waals surface area contributed by atoms with Crippen LogP contribution in [0, 0.1) is 5.82 Å². The van der Waals surface area contributed by atoms with Crippen LogP contribution in [0.25, 0.3) is 0 Å². The molecule has 0 unspecified atom stereocenters. The van der Waals surface area contributed by atoms with Crippen LogP contribution in [0.1, 0.15) is 21.7 Å². The lowest BCUT2D eigenvalue weighted by Gasteiger charge is -2.22. The zero-order valence-corrected chi connectivity index (χ0v) is 13.5. The molecule has 1 heterocycles. The maximum absolute atomic E-state index is 14.0. The van der Waals surface area contributed by atoms with Gasteiger partial charge in [-0.25, -0.2) is 4.39 Å². The van der Waals surface area contributed by atoms with Crippen LogP contribution in [0.5, 0.6) is 0 Å². The van der Waals surface area contributed by atoms with Crippen molar-refractivity contribution in [3.63, 3.8) is 0 Å². The highest BCUT2D eigenvalue weighted by Crippen LogP contribution is 2.18. The molecule has 0 aliphatic heterocycles. The molecule has 0 aliphatic rings. The van der Waals surface area contributed by atoms with Crippen LogP contribution in [0.3, 0.4) is 0 Å². The zero-order chi connectivity index (χ0) is 16.9. The summed E-state index contributed by atoms with van der Waals surface area (Å²) in [6.45, 7) is 0.543. The van der Waals surface area contributed by atoms with Gasteiger partial charge in [-0.05, 0) is 42.0 Å². The van der Waals surface area contributed by atoms with Crippen molar-refractivity contribution in [3.05, 3.63) is 94.7 Å². The molecule has 122 valence electrons. The summed E-state index contributed by atoms with van der Waals surface area (Å²) >= 11 is 6.01. The van der Waals surface area contributed by atoms with Gasteiger partial charge in [0.2, 0.25) is 0 Å². The summed E-state index contributed by atoms with van der Waals surface area (Å²) in [7, 11) is 0. The third-order valence-corrected chi connectivity index (χ3v) is 3.82. The van der Waals surface area contributed by atoms with Gasteiger partial charge in [-0.1, -0.05) is 35.9 Å². The average Bonchev–Trinajstić information content (AvgIpc) is 3.07. The highest BCUT2D eigenvalue weighted by Gasteiger charge is 2.20. The molecule has 1 aromatic heterocycles. The van der Waals surface area contributed by atoms with Crippen molar-refractivity contribution in [3.8, 4) is 0 Å². The van der Waals surface area contributed by atoms with Gasteiger partial charge >= 0.3 is 0 Å². The van der Waals surface area contributed by atoms with Crippen molar-refractivity contribution < 1.29 is 13.6 Å². The second-order valence-electron chi connectivity index (χ2n) is 5.35. The Morgan fingerprint density at radius 1 is 1.04 bits per heavy atom. The first-order valence-electron chi connectivity index (χ1n) is 7.44. The molecule has 1 amide bonds. The van der Waals surface area contributed by atoms with Gasteiger partial charge in [0, 0.05) is 11.6 Å². The fourth-order valence-corrected chi connectivity index (χ4v) is 2.66. The van der Waals surface area contributed by atoms with E-state index in [4.69, 9.17) is 16.0 Å². The molecule has 0 N–H and O–H groups in total. The Kier molecular flexibility index (Phi) is 4.96. The van der Waals surface area contributed by atoms with Crippen LogP contribution in [0.15, 0.2) is 71.3 Å². The van der Waals surface area contributed by atoms with E-state index in [1.165, 1.54) is 17.0 Å². The molecule has 3 nitrogen and oxygen atoms in total. The van der Waals surface area contributed by atoms with Gasteiger partial charge in [0.05, 0.1) is 18.4 Å². The second kappa shape index (κ2) is 7.32. The van der Waals surface area contributed by atoms with E-state index in [-0.39, 0.29) is 12.1 Å². The van der Waals surface area contributed by atoms with Crippen molar-refractivity contribution in [2.45, 2.75) is 13.1 Å². The molecular formula is C19H15ClFNO2. The van der Waals surface area contributed by atoms with E-state index in [0.29, 0.717) is 17.3 Å². The maximum atomic E-state index is 14.0. The minimum atomic E-state index is -0.543. The Balaban J connectivity index is 1.89. The second-order valence-corrected chi connectivity index (χ2v) is 5.79. The molecule has 0 radical (unpaired) electrons. The van der Waals surface area contributed by atoms with Gasteiger partial charge in [0.1, 0.15) is 11.6 Å². The molecule has 0 bridgehead atoms. The molecule has 3 aromatic rings. The van der Waals surface area contributed by atoms with E-state index in [1.54, 1.807) is 42.7 Å². The number of furan rings is 1. The SMILES string of the molecule is O=C(c1ccccc1F)N(Cc1cccc(Cl)c1)Cc1ccco1.